The fraction of sp³-hybridized carbons (Fsp3) is 0.538. The average Bonchev–Trinajstić information content (AvgIpc) is 2.71. The number of aliphatic hydroxyl groups is 2. The highest BCUT2D eigenvalue weighted by Gasteiger charge is 2.16. The Hall–Kier alpha value is -1.60. The molecule has 0 atom stereocenters. The van der Waals surface area contributed by atoms with Gasteiger partial charge in [-0.25, -0.2) is 0 Å². The van der Waals surface area contributed by atoms with E-state index >= 15 is 0 Å². The summed E-state index contributed by atoms with van der Waals surface area (Å²) in [6, 6.07) is 6.65. The third kappa shape index (κ3) is 9.49. The van der Waals surface area contributed by atoms with Gasteiger partial charge in [0.05, 0.1) is 0 Å². The molecular weight excluding hydrogens is 440 g/mol. The molecule has 2 rings (SSSR count). The Labute approximate surface area is 199 Å². The molecule has 6 heteroatoms. The second kappa shape index (κ2) is 12.0. The number of hydrogen-bond acceptors (Lipinski definition) is 6. The predicted octanol–water partition coefficient (Wildman–Crippen LogP) is 5.38. The minimum Gasteiger partial charge on any atom is -0.396 e. The second-order valence-electron chi connectivity index (χ2n) is 10.0. The number of hydrogen-bond donors (Lipinski definition) is 2. The third-order valence-corrected chi connectivity index (χ3v) is 7.64. The van der Waals surface area contributed by atoms with Crippen LogP contribution in [0.2, 0.25) is 0 Å². The van der Waals surface area contributed by atoms with Crippen LogP contribution in [0.1, 0.15) is 72.9 Å². The van der Waals surface area contributed by atoms with Crippen LogP contribution in [0.5, 0.6) is 0 Å². The fourth-order valence-electron chi connectivity index (χ4n) is 3.32. The molecule has 0 aromatic carbocycles. The lowest BCUT2D eigenvalue weighted by molar-refractivity contribution is 0.148. The Balaban J connectivity index is 2.07. The maximum Gasteiger partial charge on any atom is 0.181 e. The summed E-state index contributed by atoms with van der Waals surface area (Å²) in [5.74, 6) is 0. The van der Waals surface area contributed by atoms with Gasteiger partial charge in [0.1, 0.15) is 0 Å². The van der Waals surface area contributed by atoms with E-state index < -0.39 is 0 Å². The molecule has 0 saturated heterocycles. The number of aryl methyl sites for hydroxylation is 2. The molecule has 2 N–H and O–H groups in total. The summed E-state index contributed by atoms with van der Waals surface area (Å²) in [6.45, 7) is 8.49. The Bertz CT molecular complexity index is 933. The molecule has 0 radical (unpaired) electrons. The largest absolute Gasteiger partial charge is 0.396 e. The van der Waals surface area contributed by atoms with Crippen LogP contribution in [-0.4, -0.2) is 23.4 Å². The lowest BCUT2D eigenvalue weighted by Gasteiger charge is -2.20. The molecule has 2 aromatic heterocycles. The van der Waals surface area contributed by atoms with Crippen LogP contribution in [0.15, 0.2) is 33.9 Å². The first-order valence-electron chi connectivity index (χ1n) is 11.2. The van der Waals surface area contributed by atoms with E-state index in [9.17, 15) is 19.8 Å². The number of rotatable bonds is 12. The molecule has 32 heavy (non-hydrogen) atoms. The van der Waals surface area contributed by atoms with Crippen molar-refractivity contribution >= 4 is 34.8 Å². The lowest BCUT2D eigenvalue weighted by atomic mass is 9.88. The molecule has 0 fully saturated rings. The Kier molecular flexibility index (Phi) is 10.0. The van der Waals surface area contributed by atoms with Crippen LogP contribution < -0.4 is 10.9 Å². The Morgan fingerprint density at radius 2 is 1.09 bits per heavy atom. The molecule has 0 saturated carbocycles. The quantitative estimate of drug-likeness (QED) is 0.431. The van der Waals surface area contributed by atoms with Crippen molar-refractivity contribution in [2.45, 2.75) is 66.2 Å². The highest BCUT2D eigenvalue weighted by atomic mass is 32.1. The summed E-state index contributed by atoms with van der Waals surface area (Å²) in [5.41, 5.74) is -0.209. The highest BCUT2D eigenvalue weighted by molar-refractivity contribution is 7.13. The van der Waals surface area contributed by atoms with Crippen LogP contribution in [0, 0.1) is 10.8 Å². The standard InChI is InChI=1S/C26H36O4S2/c1-25(2,17-27)11-5-7-21-13-19(29)15-23(31-21)9-10-24-16-20(30)14-22(32-24)8-6-12-26(3,4)18-28/h9-10,13-16,27-28H,5-8,11-12,17-18H2,1-4H3/b10-9+. The number of aliphatic hydroxyl groups excluding tert-OH is 2. The zero-order chi connectivity index (χ0) is 23.8. The van der Waals surface area contributed by atoms with Gasteiger partial charge < -0.3 is 10.2 Å². The van der Waals surface area contributed by atoms with Crippen LogP contribution >= 0.6 is 22.7 Å². The zero-order valence-electron chi connectivity index (χ0n) is 19.6. The van der Waals surface area contributed by atoms with Crippen LogP contribution in [0.3, 0.4) is 0 Å². The van der Waals surface area contributed by atoms with Gasteiger partial charge in [0, 0.05) is 44.9 Å². The molecule has 176 valence electrons. The van der Waals surface area contributed by atoms with E-state index in [0.29, 0.717) is 0 Å². The van der Waals surface area contributed by atoms with Gasteiger partial charge >= 0.3 is 0 Å². The van der Waals surface area contributed by atoms with Gasteiger partial charge in [0.15, 0.2) is 10.9 Å². The van der Waals surface area contributed by atoms with E-state index in [1.54, 1.807) is 46.9 Å². The Morgan fingerprint density at radius 3 is 1.44 bits per heavy atom. The van der Waals surface area contributed by atoms with Gasteiger partial charge in [-0.1, -0.05) is 27.7 Å². The van der Waals surface area contributed by atoms with Crippen molar-refractivity contribution in [2.24, 2.45) is 10.8 Å². The Morgan fingerprint density at radius 1 is 0.719 bits per heavy atom. The highest BCUT2D eigenvalue weighted by Crippen LogP contribution is 2.25. The lowest BCUT2D eigenvalue weighted by Crippen LogP contribution is -2.16. The minimum atomic E-state index is -0.0984. The molecule has 0 bridgehead atoms. The summed E-state index contributed by atoms with van der Waals surface area (Å²) in [6.07, 6.45) is 9.12. The van der Waals surface area contributed by atoms with Crippen molar-refractivity contribution in [3.63, 3.8) is 0 Å². The smallest absolute Gasteiger partial charge is 0.181 e. The molecular formula is C26H36O4S2. The summed E-state index contributed by atoms with van der Waals surface area (Å²) < 4.78 is 0. The first-order valence-corrected chi connectivity index (χ1v) is 12.8. The fourth-order valence-corrected chi connectivity index (χ4v) is 5.39. The van der Waals surface area contributed by atoms with E-state index in [1.807, 2.05) is 39.8 Å². The molecule has 0 amide bonds. The molecule has 2 heterocycles. The van der Waals surface area contributed by atoms with E-state index in [0.717, 1.165) is 58.0 Å². The minimum absolute atomic E-state index is 0.00625. The first kappa shape index (κ1) is 26.7. The van der Waals surface area contributed by atoms with Gasteiger partial charge in [-0.3, -0.25) is 9.59 Å². The first-order chi connectivity index (χ1) is 15.0. The summed E-state index contributed by atoms with van der Waals surface area (Å²) in [4.78, 5) is 28.1. The van der Waals surface area contributed by atoms with Crippen molar-refractivity contribution in [3.8, 4) is 0 Å². The van der Waals surface area contributed by atoms with Crippen molar-refractivity contribution in [1.29, 1.82) is 0 Å². The average molecular weight is 477 g/mol. The molecule has 0 spiro atoms. The summed E-state index contributed by atoms with van der Waals surface area (Å²) >= 11 is 3.19. The van der Waals surface area contributed by atoms with E-state index in [4.69, 9.17) is 0 Å². The van der Waals surface area contributed by atoms with Gasteiger partial charge in [-0.15, -0.1) is 22.7 Å². The molecule has 0 aliphatic heterocycles. The molecule has 4 nitrogen and oxygen atoms in total. The van der Waals surface area contributed by atoms with E-state index in [-0.39, 0.29) is 34.9 Å². The molecule has 0 aliphatic carbocycles. The monoisotopic (exact) mass is 476 g/mol. The van der Waals surface area contributed by atoms with Crippen molar-refractivity contribution < 1.29 is 10.2 Å². The molecule has 2 aromatic rings. The second-order valence-corrected chi connectivity index (χ2v) is 12.4. The van der Waals surface area contributed by atoms with E-state index in [2.05, 4.69) is 0 Å². The van der Waals surface area contributed by atoms with Crippen molar-refractivity contribution in [3.05, 3.63) is 64.2 Å². The topological polar surface area (TPSA) is 74.6 Å². The third-order valence-electron chi connectivity index (χ3n) is 5.49. The maximum absolute atomic E-state index is 12.1. The van der Waals surface area contributed by atoms with Gasteiger partial charge in [0.2, 0.25) is 0 Å². The van der Waals surface area contributed by atoms with Crippen LogP contribution in [0.25, 0.3) is 12.2 Å². The van der Waals surface area contributed by atoms with Gasteiger partial charge in [-0.2, -0.15) is 0 Å². The van der Waals surface area contributed by atoms with Crippen molar-refractivity contribution in [1.82, 2.24) is 0 Å². The summed E-state index contributed by atoms with van der Waals surface area (Å²) in [7, 11) is 0. The SMILES string of the molecule is CC(C)(CO)CCCc1cc(=O)cc(/C=C/c2cc(=O)cc(CCCC(C)(C)CO)s2)s1. The van der Waals surface area contributed by atoms with Crippen LogP contribution in [0.4, 0.5) is 0 Å². The zero-order valence-corrected chi connectivity index (χ0v) is 21.3. The molecule has 0 aliphatic rings. The van der Waals surface area contributed by atoms with E-state index in [1.165, 1.54) is 0 Å². The predicted molar refractivity (Wildman–Crippen MR) is 138 cm³/mol. The van der Waals surface area contributed by atoms with Crippen LogP contribution in [-0.2, 0) is 12.8 Å². The molecule has 0 unspecified atom stereocenters. The summed E-state index contributed by atoms with van der Waals surface area (Å²) in [5, 5.41) is 18.8. The van der Waals surface area contributed by atoms with Crippen molar-refractivity contribution in [2.75, 3.05) is 13.2 Å². The van der Waals surface area contributed by atoms with Gasteiger partial charge in [0.25, 0.3) is 0 Å². The normalized spacial score (nSPS) is 12.6. The van der Waals surface area contributed by atoms with Gasteiger partial charge in [-0.05, 0) is 73.6 Å². The maximum atomic E-state index is 12.1.